The number of nitrogens with one attached hydrogen (secondary N) is 2. The third-order valence-corrected chi connectivity index (χ3v) is 10.1. The molecule has 4 aromatic rings. The molecule has 0 saturated carbocycles. The Morgan fingerprint density at radius 3 is 2.00 bits per heavy atom. The predicted octanol–water partition coefficient (Wildman–Crippen LogP) is 5.73. The van der Waals surface area contributed by atoms with Crippen molar-refractivity contribution in [3.8, 4) is 22.3 Å². The molecule has 0 bridgehead atoms. The van der Waals surface area contributed by atoms with Crippen molar-refractivity contribution in [3.05, 3.63) is 119 Å². The Morgan fingerprint density at radius 2 is 1.40 bits per heavy atom. The normalized spacial score (nSPS) is 15.1. The van der Waals surface area contributed by atoms with E-state index in [2.05, 4.69) is 10.6 Å². The number of amides is 2. The van der Waals surface area contributed by atoms with Gasteiger partial charge in [-0.25, -0.2) is 8.42 Å². The fourth-order valence-corrected chi connectivity index (χ4v) is 7.07. The summed E-state index contributed by atoms with van der Waals surface area (Å²) >= 11 is 0. The molecule has 9 heteroatoms. The summed E-state index contributed by atoms with van der Waals surface area (Å²) in [6, 6.07) is 29.1. The molecule has 2 amide bonds. The lowest BCUT2D eigenvalue weighted by Crippen LogP contribution is -2.62. The van der Waals surface area contributed by atoms with Crippen LogP contribution >= 0.6 is 0 Å². The third kappa shape index (κ3) is 6.84. The van der Waals surface area contributed by atoms with Crippen LogP contribution in [0.4, 0.5) is 5.69 Å². The van der Waals surface area contributed by atoms with Crippen LogP contribution in [0.2, 0.25) is 0 Å². The van der Waals surface area contributed by atoms with Gasteiger partial charge in [0.15, 0.2) is 0 Å². The number of sulfonamides is 1. The van der Waals surface area contributed by atoms with Gasteiger partial charge in [-0.3, -0.25) is 9.59 Å². The maximum absolute atomic E-state index is 13.5. The van der Waals surface area contributed by atoms with Gasteiger partial charge in [0, 0.05) is 36.8 Å². The predicted molar refractivity (Wildman–Crippen MR) is 181 cm³/mol. The molecule has 1 heterocycles. The molecule has 0 unspecified atom stereocenters. The zero-order chi connectivity index (χ0) is 32.2. The number of rotatable bonds is 9. The Balaban J connectivity index is 1.32. The number of carbonyl (C=O) groups is 2. The van der Waals surface area contributed by atoms with Crippen molar-refractivity contribution in [3.63, 3.8) is 0 Å². The minimum Gasteiger partial charge on any atom is -0.388 e. The molecule has 0 radical (unpaired) electrons. The van der Waals surface area contributed by atoms with Gasteiger partial charge in [-0.2, -0.15) is 4.31 Å². The van der Waals surface area contributed by atoms with Crippen molar-refractivity contribution in [1.29, 1.82) is 0 Å². The van der Waals surface area contributed by atoms with Gasteiger partial charge in [-0.1, -0.05) is 66.7 Å². The lowest BCUT2D eigenvalue weighted by atomic mass is 9.87. The van der Waals surface area contributed by atoms with Gasteiger partial charge in [-0.15, -0.1) is 0 Å². The highest BCUT2D eigenvalue weighted by atomic mass is 32.2. The van der Waals surface area contributed by atoms with Crippen LogP contribution in [-0.4, -0.2) is 50.2 Å². The van der Waals surface area contributed by atoms with Crippen LogP contribution in [0, 0.1) is 13.8 Å². The second kappa shape index (κ2) is 13.1. The molecule has 1 saturated heterocycles. The van der Waals surface area contributed by atoms with E-state index in [1.54, 1.807) is 24.3 Å². The van der Waals surface area contributed by atoms with Crippen LogP contribution in [0.25, 0.3) is 28.3 Å². The fourth-order valence-electron chi connectivity index (χ4n) is 5.90. The summed E-state index contributed by atoms with van der Waals surface area (Å²) in [6.07, 6.45) is 1.74. The van der Waals surface area contributed by atoms with Crippen molar-refractivity contribution < 1.29 is 18.0 Å². The Hall–Kier alpha value is -4.73. The Kier molecular flexibility index (Phi) is 9.22. The van der Waals surface area contributed by atoms with Crippen molar-refractivity contribution >= 4 is 33.6 Å². The molecule has 0 aliphatic carbocycles. The highest BCUT2D eigenvalue weighted by Gasteiger charge is 2.43. The summed E-state index contributed by atoms with van der Waals surface area (Å²) < 4.78 is 27.8. The Labute approximate surface area is 265 Å². The lowest BCUT2D eigenvalue weighted by Gasteiger charge is -2.39. The van der Waals surface area contributed by atoms with Crippen molar-refractivity contribution in [1.82, 2.24) is 9.62 Å². The average molecular weight is 623 g/mol. The number of anilines is 1. The van der Waals surface area contributed by atoms with Gasteiger partial charge in [0.2, 0.25) is 15.9 Å². The van der Waals surface area contributed by atoms with Crippen molar-refractivity contribution in [2.75, 3.05) is 25.5 Å². The van der Waals surface area contributed by atoms with E-state index in [9.17, 15) is 18.0 Å². The minimum absolute atomic E-state index is 0.0387. The lowest BCUT2D eigenvalue weighted by molar-refractivity contribution is -0.125. The first-order valence-electron chi connectivity index (χ1n) is 14.9. The molecule has 5 rings (SSSR count). The minimum atomic E-state index is -3.78. The van der Waals surface area contributed by atoms with Crippen LogP contribution in [0.3, 0.4) is 0 Å². The number of primary amides is 1. The molecule has 4 N–H and O–H groups in total. The first-order valence-corrected chi connectivity index (χ1v) is 16.4. The SMILES string of the molecule is CNc1cc(C)c(C=CS(=O)(=O)N2CCC(NC(=O)c3cccc(-c4ccccc4-c4ccccc4)c3)(C(N)=O)CC2)c(C)c1. The Bertz CT molecular complexity index is 1840. The molecule has 45 heavy (non-hydrogen) atoms. The topological polar surface area (TPSA) is 122 Å². The fraction of sp³-hybridized carbons (Fsp3) is 0.222. The molecule has 8 nitrogen and oxygen atoms in total. The molecule has 4 aromatic carbocycles. The molecule has 0 spiro atoms. The van der Waals surface area contributed by atoms with E-state index < -0.39 is 27.4 Å². The number of hydrogen-bond acceptors (Lipinski definition) is 5. The number of piperidine rings is 1. The molecule has 1 fully saturated rings. The van der Waals surface area contributed by atoms with E-state index in [0.29, 0.717) is 5.56 Å². The summed E-state index contributed by atoms with van der Waals surface area (Å²) in [5.41, 5.74) is 12.5. The zero-order valence-corrected chi connectivity index (χ0v) is 26.5. The Morgan fingerprint density at radius 1 is 0.822 bits per heavy atom. The number of aryl methyl sites for hydroxylation is 2. The second-order valence-electron chi connectivity index (χ2n) is 11.4. The number of nitrogens with two attached hydrogens (primary N) is 1. The van der Waals surface area contributed by atoms with Gasteiger partial charge < -0.3 is 16.4 Å². The van der Waals surface area contributed by atoms with Crippen LogP contribution in [0.1, 0.15) is 39.9 Å². The maximum Gasteiger partial charge on any atom is 0.252 e. The summed E-state index contributed by atoms with van der Waals surface area (Å²) in [4.78, 5) is 26.3. The molecule has 1 aliphatic heterocycles. The van der Waals surface area contributed by atoms with Crippen LogP contribution in [0.15, 0.2) is 96.4 Å². The molecular weight excluding hydrogens is 584 g/mol. The monoisotopic (exact) mass is 622 g/mol. The van der Waals surface area contributed by atoms with Gasteiger partial charge >= 0.3 is 0 Å². The highest BCUT2D eigenvalue weighted by molar-refractivity contribution is 7.92. The van der Waals surface area contributed by atoms with E-state index in [-0.39, 0.29) is 25.9 Å². The molecular formula is C36H38N4O4S. The third-order valence-electron chi connectivity index (χ3n) is 8.50. The van der Waals surface area contributed by atoms with Gasteiger partial charge in [0.25, 0.3) is 5.91 Å². The molecule has 232 valence electrons. The summed E-state index contributed by atoms with van der Waals surface area (Å²) in [5, 5.41) is 7.17. The summed E-state index contributed by atoms with van der Waals surface area (Å²) in [6.45, 7) is 3.94. The smallest absolute Gasteiger partial charge is 0.252 e. The van der Waals surface area contributed by atoms with Gasteiger partial charge in [0.05, 0.1) is 0 Å². The van der Waals surface area contributed by atoms with Crippen LogP contribution in [0.5, 0.6) is 0 Å². The van der Waals surface area contributed by atoms with E-state index in [1.165, 1.54) is 9.71 Å². The first-order chi connectivity index (χ1) is 21.5. The van der Waals surface area contributed by atoms with Crippen molar-refractivity contribution in [2.45, 2.75) is 32.2 Å². The van der Waals surface area contributed by atoms with Gasteiger partial charge in [-0.05, 0) is 96.0 Å². The highest BCUT2D eigenvalue weighted by Crippen LogP contribution is 2.33. The number of benzene rings is 4. The number of hydrogen-bond donors (Lipinski definition) is 3. The van der Waals surface area contributed by atoms with Gasteiger partial charge in [0.1, 0.15) is 5.54 Å². The molecule has 0 aromatic heterocycles. The van der Waals surface area contributed by atoms with Crippen LogP contribution in [-0.2, 0) is 14.8 Å². The van der Waals surface area contributed by atoms with E-state index in [4.69, 9.17) is 5.73 Å². The summed E-state index contributed by atoms with van der Waals surface area (Å²) in [5.74, 6) is -1.13. The standard InChI is InChI=1S/C36H38N4O4S/c1-25-22-30(38-3)23-26(2)31(25)16-21-45(43,44)40-19-17-36(18-20-40,35(37)42)39-34(41)29-13-9-12-28(24-29)33-15-8-7-14-32(33)27-10-5-4-6-11-27/h4-16,21-24,38H,17-20H2,1-3H3,(H2,37,42)(H,39,41). The zero-order valence-electron chi connectivity index (χ0n) is 25.7. The largest absolute Gasteiger partial charge is 0.388 e. The quantitative estimate of drug-likeness (QED) is 0.220. The average Bonchev–Trinajstić information content (AvgIpc) is 3.04. The van der Waals surface area contributed by atoms with Crippen LogP contribution < -0.4 is 16.4 Å². The van der Waals surface area contributed by atoms with Crippen molar-refractivity contribution in [2.24, 2.45) is 5.73 Å². The summed E-state index contributed by atoms with van der Waals surface area (Å²) in [7, 11) is -1.94. The number of nitrogens with zero attached hydrogens (tertiary/aromatic N) is 1. The van der Waals surface area contributed by atoms with E-state index in [0.717, 1.165) is 44.6 Å². The maximum atomic E-state index is 13.5. The van der Waals surface area contributed by atoms with E-state index >= 15 is 0 Å². The number of carbonyl (C=O) groups excluding carboxylic acids is 2. The molecule has 1 aliphatic rings. The first kappa shape index (κ1) is 31.7. The second-order valence-corrected chi connectivity index (χ2v) is 13.2. The molecule has 0 atom stereocenters. The van der Waals surface area contributed by atoms with E-state index in [1.807, 2.05) is 93.7 Å².